The van der Waals surface area contributed by atoms with Gasteiger partial charge in [-0.2, -0.15) is 0 Å². The Morgan fingerprint density at radius 2 is 1.95 bits per heavy atom. The Kier molecular flexibility index (Phi) is 4.42. The summed E-state index contributed by atoms with van der Waals surface area (Å²) in [4.78, 5) is 34.9. The van der Waals surface area contributed by atoms with E-state index in [0.29, 0.717) is 11.2 Å². The molecule has 0 spiro atoms. The maximum Gasteiger partial charge on any atom is 0.263 e. The first-order valence-corrected chi connectivity index (χ1v) is 5.85. The van der Waals surface area contributed by atoms with E-state index in [2.05, 4.69) is 0 Å². The molecule has 0 heterocycles. The van der Waals surface area contributed by atoms with Crippen LogP contribution in [0.15, 0.2) is 18.2 Å². The van der Waals surface area contributed by atoms with Crippen molar-refractivity contribution < 1.29 is 14.5 Å². The van der Waals surface area contributed by atoms with Gasteiger partial charge in [-0.3, -0.25) is 24.6 Å². The van der Waals surface area contributed by atoms with Crippen LogP contribution in [0.2, 0.25) is 0 Å². The predicted octanol–water partition coefficient (Wildman–Crippen LogP) is 0.389. The van der Waals surface area contributed by atoms with Crippen molar-refractivity contribution in [3.05, 3.63) is 28.3 Å². The van der Waals surface area contributed by atoms with Crippen molar-refractivity contribution in [2.45, 2.75) is 20.8 Å². The number of amides is 2. The van der Waals surface area contributed by atoms with E-state index < -0.39 is 10.8 Å². The molecule has 0 aliphatic rings. The third-order valence-corrected chi connectivity index (χ3v) is 2.66. The molecule has 0 aromatic heterocycles. The van der Waals surface area contributed by atoms with Gasteiger partial charge in [0.1, 0.15) is 7.85 Å². The molecular formula is C12H15BN2O4. The lowest BCUT2D eigenvalue weighted by molar-refractivity contribution is -0.383. The fraction of sp³-hybridized carbons (Fsp3) is 0.333. The second-order valence-electron chi connectivity index (χ2n) is 4.58. The molecule has 2 amide bonds. The lowest BCUT2D eigenvalue weighted by Crippen LogP contribution is -2.38. The lowest BCUT2D eigenvalue weighted by atomic mass is 9.93. The highest BCUT2D eigenvalue weighted by Crippen LogP contribution is 2.19. The summed E-state index contributed by atoms with van der Waals surface area (Å²) in [5.74, 6) is -1.08. The summed E-state index contributed by atoms with van der Waals surface area (Å²) in [6.45, 7) is 4.67. The first-order valence-electron chi connectivity index (χ1n) is 5.85. The smallest absolute Gasteiger partial charge is 0.263 e. The van der Waals surface area contributed by atoms with Gasteiger partial charge in [-0.15, -0.1) is 0 Å². The van der Waals surface area contributed by atoms with Gasteiger partial charge in [0.05, 0.1) is 10.6 Å². The zero-order chi connectivity index (χ0) is 14.7. The number of hydrogen-bond acceptors (Lipinski definition) is 4. The van der Waals surface area contributed by atoms with Gasteiger partial charge in [0.15, 0.2) is 0 Å². The van der Waals surface area contributed by atoms with Crippen molar-refractivity contribution in [3.63, 3.8) is 0 Å². The largest absolute Gasteiger partial charge is 0.274 e. The van der Waals surface area contributed by atoms with Crippen molar-refractivity contribution in [3.8, 4) is 0 Å². The van der Waals surface area contributed by atoms with E-state index in [1.165, 1.54) is 25.1 Å². The van der Waals surface area contributed by atoms with Crippen LogP contribution < -0.4 is 10.4 Å². The van der Waals surface area contributed by atoms with Gasteiger partial charge < -0.3 is 0 Å². The van der Waals surface area contributed by atoms with Crippen molar-refractivity contribution in [1.82, 2.24) is 0 Å². The van der Waals surface area contributed by atoms with Crippen molar-refractivity contribution >= 4 is 36.5 Å². The van der Waals surface area contributed by atoms with Crippen LogP contribution in [0.4, 0.5) is 11.4 Å². The number of hydrogen-bond donors (Lipinski definition) is 0. The molecule has 0 N–H and O–H groups in total. The highest BCUT2D eigenvalue weighted by atomic mass is 16.6. The third-order valence-electron chi connectivity index (χ3n) is 2.66. The van der Waals surface area contributed by atoms with E-state index in [0.717, 1.165) is 4.90 Å². The molecule has 100 valence electrons. The van der Waals surface area contributed by atoms with E-state index in [1.807, 2.05) is 0 Å². The molecule has 0 aliphatic heterocycles. The highest BCUT2D eigenvalue weighted by molar-refractivity contribution is 6.35. The predicted molar refractivity (Wildman–Crippen MR) is 74.3 cm³/mol. The molecule has 0 aliphatic carbocycles. The minimum atomic E-state index is -0.499. The van der Waals surface area contributed by atoms with Crippen LogP contribution >= 0.6 is 0 Å². The van der Waals surface area contributed by atoms with Gasteiger partial charge in [0.25, 0.3) is 5.69 Å². The summed E-state index contributed by atoms with van der Waals surface area (Å²) in [6, 6.07) is 4.18. The summed E-state index contributed by atoms with van der Waals surface area (Å²) in [7, 11) is 1.57. The molecule has 1 rings (SSSR count). The highest BCUT2D eigenvalue weighted by Gasteiger charge is 2.24. The standard InChI is InChI=1S/C12H15BN2O4/c1-7(2)12(17)14(8(3)16)9-4-5-11(15(18)19)10(13)6-9/h4-7H,13H2,1-3H3. The van der Waals surface area contributed by atoms with Crippen molar-refractivity contribution in [2.75, 3.05) is 4.90 Å². The molecule has 0 unspecified atom stereocenters. The minimum Gasteiger partial charge on any atom is -0.274 e. The molecule has 1 aromatic rings. The molecule has 0 bridgehead atoms. The molecule has 0 atom stereocenters. The second kappa shape index (κ2) is 5.64. The summed E-state index contributed by atoms with van der Waals surface area (Å²) in [6.07, 6.45) is 0. The first kappa shape index (κ1) is 14.9. The Labute approximate surface area is 112 Å². The molecule has 6 nitrogen and oxygen atoms in total. The zero-order valence-corrected chi connectivity index (χ0v) is 11.3. The minimum absolute atomic E-state index is 0.0377. The molecule has 7 heteroatoms. The summed E-state index contributed by atoms with van der Waals surface area (Å²) in [5, 5.41) is 10.7. The Hall–Kier alpha value is -2.18. The molecule has 1 aromatic carbocycles. The van der Waals surface area contributed by atoms with Crippen LogP contribution in [0.5, 0.6) is 0 Å². The molecule has 19 heavy (non-hydrogen) atoms. The summed E-state index contributed by atoms with van der Waals surface area (Å²) in [5.41, 5.74) is 0.726. The van der Waals surface area contributed by atoms with E-state index in [9.17, 15) is 19.7 Å². The number of carbonyl (C=O) groups is 2. The van der Waals surface area contributed by atoms with Crippen LogP contribution in [-0.2, 0) is 9.59 Å². The van der Waals surface area contributed by atoms with Crippen LogP contribution in [0.1, 0.15) is 20.8 Å². The van der Waals surface area contributed by atoms with Gasteiger partial charge in [-0.1, -0.05) is 13.8 Å². The van der Waals surface area contributed by atoms with Gasteiger partial charge in [0.2, 0.25) is 11.8 Å². The van der Waals surface area contributed by atoms with Gasteiger partial charge in [-0.05, 0) is 17.6 Å². The van der Waals surface area contributed by atoms with E-state index in [-0.39, 0.29) is 17.5 Å². The van der Waals surface area contributed by atoms with Gasteiger partial charge >= 0.3 is 0 Å². The maximum atomic E-state index is 12.0. The first-order chi connectivity index (χ1) is 8.75. The van der Waals surface area contributed by atoms with E-state index in [1.54, 1.807) is 21.7 Å². The molecule has 0 saturated heterocycles. The van der Waals surface area contributed by atoms with Crippen LogP contribution in [0, 0.1) is 16.0 Å². The van der Waals surface area contributed by atoms with E-state index >= 15 is 0 Å². The SMILES string of the molecule is Bc1cc(N(C(C)=O)C(=O)C(C)C)ccc1[N+](=O)[O-]. The normalized spacial score (nSPS) is 10.3. The summed E-state index contributed by atoms with van der Waals surface area (Å²) < 4.78 is 0. The second-order valence-corrected chi connectivity index (χ2v) is 4.58. The Morgan fingerprint density at radius 1 is 1.37 bits per heavy atom. The quantitative estimate of drug-likeness (QED) is 0.448. The fourth-order valence-electron chi connectivity index (χ4n) is 1.71. The van der Waals surface area contributed by atoms with Gasteiger partial charge in [0, 0.05) is 18.9 Å². The zero-order valence-electron chi connectivity index (χ0n) is 11.3. The van der Waals surface area contributed by atoms with E-state index in [4.69, 9.17) is 0 Å². The number of anilines is 1. The van der Waals surface area contributed by atoms with Crippen LogP contribution in [0.25, 0.3) is 0 Å². The third kappa shape index (κ3) is 3.18. The summed E-state index contributed by atoms with van der Waals surface area (Å²) >= 11 is 0. The fourth-order valence-corrected chi connectivity index (χ4v) is 1.71. The molecular weight excluding hydrogens is 247 g/mol. The topological polar surface area (TPSA) is 80.5 Å². The van der Waals surface area contributed by atoms with Crippen LogP contribution in [0.3, 0.4) is 0 Å². The number of imide groups is 1. The van der Waals surface area contributed by atoms with Crippen LogP contribution in [-0.4, -0.2) is 24.6 Å². The Bertz CT molecular complexity index is 543. The number of nitro benzene ring substituents is 1. The average Bonchev–Trinajstić information content (AvgIpc) is 2.27. The van der Waals surface area contributed by atoms with Crippen molar-refractivity contribution in [2.24, 2.45) is 5.92 Å². The number of carbonyl (C=O) groups excluding carboxylic acids is 2. The lowest BCUT2D eigenvalue weighted by Gasteiger charge is -2.21. The average molecular weight is 262 g/mol. The van der Waals surface area contributed by atoms with Crippen molar-refractivity contribution in [1.29, 1.82) is 0 Å². The monoisotopic (exact) mass is 262 g/mol. The maximum absolute atomic E-state index is 12.0. The Balaban J connectivity index is 3.26. The number of nitrogens with zero attached hydrogens (tertiary/aromatic N) is 2. The number of nitro groups is 1. The van der Waals surface area contributed by atoms with Gasteiger partial charge in [-0.25, -0.2) is 0 Å². The number of rotatable bonds is 3. The Morgan fingerprint density at radius 3 is 2.32 bits per heavy atom. The molecule has 0 radical (unpaired) electrons. The molecule has 0 fully saturated rings. The molecule has 0 saturated carbocycles. The number of benzene rings is 1.